The zero-order chi connectivity index (χ0) is 25.4. The van der Waals surface area contributed by atoms with Crippen LogP contribution in [0.2, 0.25) is 0 Å². The first kappa shape index (κ1) is 24.1. The van der Waals surface area contributed by atoms with Gasteiger partial charge in [-0.05, 0) is 90.0 Å². The molecule has 5 heteroatoms. The second-order valence-corrected chi connectivity index (χ2v) is 11.4. The first-order valence-electron chi connectivity index (χ1n) is 13.7. The van der Waals surface area contributed by atoms with Crippen LogP contribution >= 0.6 is 0 Å². The number of phenols is 1. The van der Waals surface area contributed by atoms with Crippen LogP contribution in [-0.4, -0.2) is 53.8 Å². The fourth-order valence-electron chi connectivity index (χ4n) is 7.20. The van der Waals surface area contributed by atoms with E-state index in [9.17, 15) is 9.90 Å². The van der Waals surface area contributed by atoms with Crippen LogP contribution in [0.25, 0.3) is 0 Å². The molecule has 2 fully saturated rings. The van der Waals surface area contributed by atoms with E-state index in [1.54, 1.807) is 0 Å². The zero-order valence-corrected chi connectivity index (χ0v) is 21.4. The topological polar surface area (TPSA) is 64.0 Å². The highest BCUT2D eigenvalue weighted by molar-refractivity contribution is 5.69. The summed E-state index contributed by atoms with van der Waals surface area (Å²) in [7, 11) is 0. The number of carboxylic acid groups (broad SMARTS) is 1. The van der Waals surface area contributed by atoms with Gasteiger partial charge < -0.3 is 15.1 Å². The fraction of sp³-hybridized carbons (Fsp3) is 0.406. The summed E-state index contributed by atoms with van der Waals surface area (Å²) >= 11 is 0. The van der Waals surface area contributed by atoms with E-state index in [4.69, 9.17) is 5.11 Å². The average molecular weight is 497 g/mol. The van der Waals surface area contributed by atoms with Gasteiger partial charge in [-0.2, -0.15) is 0 Å². The molecule has 2 saturated heterocycles. The van der Waals surface area contributed by atoms with E-state index >= 15 is 0 Å². The van der Waals surface area contributed by atoms with Gasteiger partial charge in [0.2, 0.25) is 0 Å². The van der Waals surface area contributed by atoms with Gasteiger partial charge in [-0.15, -0.1) is 0 Å². The number of benzene rings is 3. The van der Waals surface area contributed by atoms with Gasteiger partial charge >= 0.3 is 5.97 Å². The van der Waals surface area contributed by atoms with Crippen LogP contribution in [0.3, 0.4) is 0 Å². The van der Waals surface area contributed by atoms with Crippen molar-refractivity contribution in [1.82, 2.24) is 4.90 Å². The van der Waals surface area contributed by atoms with E-state index in [0.717, 1.165) is 51.9 Å². The largest absolute Gasteiger partial charge is 0.508 e. The average Bonchev–Trinajstić information content (AvgIpc) is 3.11. The molecule has 0 saturated carbocycles. The number of aromatic hydroxyl groups is 1. The first-order chi connectivity index (χ1) is 18.0. The summed E-state index contributed by atoms with van der Waals surface area (Å²) in [4.78, 5) is 15.6. The third kappa shape index (κ3) is 4.85. The Bertz CT molecular complexity index is 1250. The number of hydrogen-bond donors (Lipinski definition) is 2. The molecule has 0 amide bonds. The van der Waals surface area contributed by atoms with Crippen LogP contribution in [0.5, 0.6) is 5.75 Å². The van der Waals surface area contributed by atoms with Gasteiger partial charge in [-0.1, -0.05) is 48.5 Å². The molecule has 6 rings (SSSR count). The molecule has 5 nitrogen and oxygen atoms in total. The molecule has 2 atom stereocenters. The Morgan fingerprint density at radius 3 is 2.46 bits per heavy atom. The third-order valence-corrected chi connectivity index (χ3v) is 8.96. The molecule has 0 bridgehead atoms. The molecule has 1 aliphatic carbocycles. The van der Waals surface area contributed by atoms with Crippen molar-refractivity contribution >= 4 is 11.7 Å². The Labute approximate surface area is 219 Å². The molecule has 37 heavy (non-hydrogen) atoms. The normalized spacial score (nSPS) is 23.2. The second-order valence-electron chi connectivity index (χ2n) is 11.4. The highest BCUT2D eigenvalue weighted by Crippen LogP contribution is 2.47. The quantitative estimate of drug-likeness (QED) is 0.479. The predicted molar refractivity (Wildman–Crippen MR) is 146 cm³/mol. The lowest BCUT2D eigenvalue weighted by Crippen LogP contribution is -2.57. The summed E-state index contributed by atoms with van der Waals surface area (Å²) in [6.07, 6.45) is 5.51. The lowest BCUT2D eigenvalue weighted by atomic mass is 9.69. The van der Waals surface area contributed by atoms with E-state index in [0.29, 0.717) is 17.1 Å². The van der Waals surface area contributed by atoms with Crippen LogP contribution < -0.4 is 4.90 Å². The number of fused-ring (bicyclic) bond motifs is 1. The molecule has 1 spiro atoms. The maximum atomic E-state index is 11.0. The Kier molecular flexibility index (Phi) is 6.41. The van der Waals surface area contributed by atoms with E-state index in [1.807, 2.05) is 12.1 Å². The van der Waals surface area contributed by atoms with Crippen molar-refractivity contribution in [3.63, 3.8) is 0 Å². The lowest BCUT2D eigenvalue weighted by molar-refractivity contribution is -0.142. The number of anilines is 1. The molecule has 192 valence electrons. The number of hydrogen-bond acceptors (Lipinski definition) is 4. The maximum absolute atomic E-state index is 11.0. The number of carbonyl (C=O) groups is 1. The summed E-state index contributed by atoms with van der Waals surface area (Å²) in [5.41, 5.74) is 6.88. The van der Waals surface area contributed by atoms with Gasteiger partial charge in [0, 0.05) is 37.8 Å². The Morgan fingerprint density at radius 2 is 1.70 bits per heavy atom. The van der Waals surface area contributed by atoms with Gasteiger partial charge in [0.25, 0.3) is 0 Å². The van der Waals surface area contributed by atoms with E-state index in [1.165, 1.54) is 34.4 Å². The molecular formula is C32H36N2O3. The van der Waals surface area contributed by atoms with Crippen molar-refractivity contribution in [2.45, 2.75) is 43.9 Å². The Hall–Kier alpha value is -3.31. The predicted octanol–water partition coefficient (Wildman–Crippen LogP) is 5.63. The number of aryl methyl sites for hydroxylation is 1. The zero-order valence-electron chi connectivity index (χ0n) is 21.4. The number of aliphatic carboxylic acids is 1. The number of nitrogens with zero attached hydrogens (tertiary/aromatic N) is 2. The summed E-state index contributed by atoms with van der Waals surface area (Å²) < 4.78 is 0. The van der Waals surface area contributed by atoms with Crippen molar-refractivity contribution in [3.8, 4) is 5.75 Å². The molecule has 3 aliphatic rings. The Morgan fingerprint density at radius 1 is 0.919 bits per heavy atom. The third-order valence-electron chi connectivity index (χ3n) is 8.96. The Balaban J connectivity index is 1.22. The molecule has 3 aromatic carbocycles. The van der Waals surface area contributed by atoms with Crippen LogP contribution in [-0.2, 0) is 11.2 Å². The van der Waals surface area contributed by atoms with Crippen molar-refractivity contribution < 1.29 is 15.0 Å². The van der Waals surface area contributed by atoms with E-state index < -0.39 is 5.97 Å². The molecule has 2 aliphatic heterocycles. The van der Waals surface area contributed by atoms with E-state index in [-0.39, 0.29) is 12.5 Å². The molecule has 3 aromatic rings. The minimum absolute atomic E-state index is 0.167. The van der Waals surface area contributed by atoms with Crippen molar-refractivity contribution in [2.75, 3.05) is 37.6 Å². The molecule has 0 radical (unpaired) electrons. The molecule has 2 heterocycles. The van der Waals surface area contributed by atoms with Crippen LogP contribution in [0.1, 0.15) is 59.8 Å². The van der Waals surface area contributed by atoms with Gasteiger partial charge in [0.1, 0.15) is 5.75 Å². The first-order valence-corrected chi connectivity index (χ1v) is 13.7. The molecular weight excluding hydrogens is 460 g/mol. The van der Waals surface area contributed by atoms with Crippen LogP contribution in [0, 0.1) is 5.41 Å². The van der Waals surface area contributed by atoms with Gasteiger partial charge in [-0.3, -0.25) is 9.69 Å². The monoisotopic (exact) mass is 496 g/mol. The molecule has 2 N–H and O–H groups in total. The SMILES string of the molecule is O=C(O)CN1CC2(CCCN(c3ccc([C@@H]4c5ccc(O)cc5CC[C@@H]4c4ccccc4)cc3)CC2)C1. The maximum Gasteiger partial charge on any atom is 0.317 e. The summed E-state index contributed by atoms with van der Waals surface area (Å²) in [5, 5.41) is 19.2. The molecule has 0 unspecified atom stereocenters. The lowest BCUT2D eigenvalue weighted by Gasteiger charge is -2.49. The second kappa shape index (κ2) is 9.86. The van der Waals surface area contributed by atoms with Crippen LogP contribution in [0.15, 0.2) is 72.8 Å². The van der Waals surface area contributed by atoms with Crippen molar-refractivity contribution in [3.05, 3.63) is 95.1 Å². The number of phenolic OH excluding ortho intramolecular Hbond substituents is 1. The van der Waals surface area contributed by atoms with Gasteiger partial charge in [0.15, 0.2) is 0 Å². The standard InChI is InChI=1S/C32H36N2O3/c35-27-12-14-29-25(19-27)9-13-28(23-5-2-1-3-6-23)31(29)24-7-10-26(11-8-24)34-17-4-15-32(16-18-34)21-33(22-32)20-30(36)37/h1-3,5-8,10-12,14,19,28,31,35H,4,9,13,15-18,20-22H2,(H,36,37)/t28-,31+/m1/s1. The smallest absolute Gasteiger partial charge is 0.317 e. The minimum Gasteiger partial charge on any atom is -0.508 e. The fourth-order valence-corrected chi connectivity index (χ4v) is 7.20. The molecule has 0 aromatic heterocycles. The van der Waals surface area contributed by atoms with E-state index in [2.05, 4.69) is 70.5 Å². The highest BCUT2D eigenvalue weighted by atomic mass is 16.4. The van der Waals surface area contributed by atoms with Gasteiger partial charge in [0.05, 0.1) is 6.54 Å². The van der Waals surface area contributed by atoms with Crippen LogP contribution in [0.4, 0.5) is 5.69 Å². The minimum atomic E-state index is -0.725. The number of carboxylic acids is 1. The highest BCUT2D eigenvalue weighted by Gasteiger charge is 2.44. The number of likely N-dealkylation sites (tertiary alicyclic amines) is 1. The summed E-state index contributed by atoms with van der Waals surface area (Å²) in [5.74, 6) is 0.303. The van der Waals surface area contributed by atoms with Crippen molar-refractivity contribution in [1.29, 1.82) is 0 Å². The summed E-state index contributed by atoms with van der Waals surface area (Å²) in [6, 6.07) is 26.0. The van der Waals surface area contributed by atoms with Gasteiger partial charge in [-0.25, -0.2) is 0 Å². The number of rotatable bonds is 5. The summed E-state index contributed by atoms with van der Waals surface area (Å²) in [6.45, 7) is 4.09. The van der Waals surface area contributed by atoms with Crippen molar-refractivity contribution in [2.24, 2.45) is 5.41 Å².